The average Bonchev–Trinajstić information content (AvgIpc) is 3.17. The van der Waals surface area contributed by atoms with Crippen molar-refractivity contribution in [1.82, 2.24) is 14.9 Å². The molecule has 164 valence electrons. The van der Waals surface area contributed by atoms with Crippen molar-refractivity contribution in [2.45, 2.75) is 38.1 Å². The van der Waals surface area contributed by atoms with Gasteiger partial charge in [-0.2, -0.15) is 4.98 Å². The minimum Gasteiger partial charge on any atom is -0.324 e. The van der Waals surface area contributed by atoms with E-state index in [9.17, 15) is 0 Å². The van der Waals surface area contributed by atoms with Gasteiger partial charge in [0.2, 0.25) is 5.95 Å². The molecule has 1 aliphatic carbocycles. The molecule has 1 atom stereocenters. The number of anilines is 4. The van der Waals surface area contributed by atoms with Crippen molar-refractivity contribution >= 4 is 50.7 Å². The predicted octanol–water partition coefficient (Wildman–Crippen LogP) is 6.20. The molecule has 0 amide bonds. The second-order valence-electron chi connectivity index (χ2n) is 9.16. The van der Waals surface area contributed by atoms with Crippen molar-refractivity contribution < 1.29 is 0 Å². The normalized spacial score (nSPS) is 19.6. The van der Waals surface area contributed by atoms with E-state index in [1.165, 1.54) is 36.1 Å². The molecular formula is C25H25BrClN5. The summed E-state index contributed by atoms with van der Waals surface area (Å²) in [4.78, 5) is 13.9. The number of fused-ring (bicyclic) bond motifs is 1. The summed E-state index contributed by atoms with van der Waals surface area (Å²) in [5, 5.41) is 4.04. The van der Waals surface area contributed by atoms with Crippen molar-refractivity contribution in [2.24, 2.45) is 0 Å². The summed E-state index contributed by atoms with van der Waals surface area (Å²) in [6.07, 6.45) is 6.40. The van der Waals surface area contributed by atoms with Crippen LogP contribution in [0.2, 0.25) is 5.02 Å². The zero-order chi connectivity index (χ0) is 21.8. The highest BCUT2D eigenvalue weighted by Gasteiger charge is 2.29. The molecule has 7 heteroatoms. The van der Waals surface area contributed by atoms with Crippen LogP contribution in [0.3, 0.4) is 0 Å². The smallest absolute Gasteiger partial charge is 0.229 e. The minimum atomic E-state index is 0.566. The SMILES string of the molecule is CN1Cc2cc(Nc3ncc(Cl)c(N4CCc5cc(Br)ccc54)n3)cc3c2C(CCC3)C1. The summed E-state index contributed by atoms with van der Waals surface area (Å²) < 4.78 is 1.10. The maximum atomic E-state index is 6.55. The Labute approximate surface area is 201 Å². The van der Waals surface area contributed by atoms with Crippen molar-refractivity contribution in [2.75, 3.05) is 30.4 Å². The molecule has 3 heterocycles. The van der Waals surface area contributed by atoms with E-state index in [0.29, 0.717) is 16.9 Å². The van der Waals surface area contributed by atoms with Crippen molar-refractivity contribution in [1.29, 1.82) is 0 Å². The highest BCUT2D eigenvalue weighted by molar-refractivity contribution is 9.10. The van der Waals surface area contributed by atoms with E-state index >= 15 is 0 Å². The van der Waals surface area contributed by atoms with Crippen LogP contribution >= 0.6 is 27.5 Å². The quantitative estimate of drug-likeness (QED) is 0.455. The first kappa shape index (κ1) is 20.5. The van der Waals surface area contributed by atoms with Crippen molar-refractivity contribution in [3.8, 4) is 0 Å². The molecule has 3 aromatic rings. The summed E-state index contributed by atoms with van der Waals surface area (Å²) in [5.41, 5.74) is 8.05. The standard InChI is InChI=1S/C25H25BrClN5/c1-31-13-17-4-2-3-16-10-20(11-18(14-31)23(16)17)29-25-28-12-21(27)24(30-25)32-8-7-15-9-19(26)5-6-22(15)32/h5-6,9-12,17H,2-4,7-8,13-14H2,1H3,(H,28,29,30). The van der Waals surface area contributed by atoms with Gasteiger partial charge in [-0.3, -0.25) is 0 Å². The highest BCUT2D eigenvalue weighted by Crippen LogP contribution is 2.41. The lowest BCUT2D eigenvalue weighted by molar-refractivity contribution is 0.266. The molecule has 5 nitrogen and oxygen atoms in total. The Kier molecular flexibility index (Phi) is 5.12. The minimum absolute atomic E-state index is 0.566. The van der Waals surface area contributed by atoms with Crippen LogP contribution in [0.4, 0.5) is 23.1 Å². The lowest BCUT2D eigenvalue weighted by Crippen LogP contribution is -2.33. The second-order valence-corrected chi connectivity index (χ2v) is 10.5. The Bertz CT molecular complexity index is 1210. The number of nitrogens with one attached hydrogen (secondary N) is 1. The highest BCUT2D eigenvalue weighted by atomic mass is 79.9. The Balaban J connectivity index is 1.33. The molecule has 0 saturated carbocycles. The number of hydrogen-bond acceptors (Lipinski definition) is 5. The maximum absolute atomic E-state index is 6.55. The van der Waals surface area contributed by atoms with Gasteiger partial charge in [0.25, 0.3) is 0 Å². The van der Waals surface area contributed by atoms with E-state index in [1.807, 2.05) is 0 Å². The lowest BCUT2D eigenvalue weighted by atomic mass is 9.77. The van der Waals surface area contributed by atoms with Gasteiger partial charge in [0.15, 0.2) is 5.82 Å². The second kappa shape index (κ2) is 8.01. The van der Waals surface area contributed by atoms with Gasteiger partial charge in [-0.15, -0.1) is 0 Å². The molecule has 6 rings (SSSR count). The molecule has 1 unspecified atom stereocenters. The van der Waals surface area contributed by atoms with Crippen LogP contribution in [0.5, 0.6) is 0 Å². The third-order valence-corrected chi connectivity index (χ3v) is 7.67. The van der Waals surface area contributed by atoms with Crippen LogP contribution in [0.1, 0.15) is 41.0 Å². The van der Waals surface area contributed by atoms with Crippen LogP contribution in [0.15, 0.2) is 41.0 Å². The van der Waals surface area contributed by atoms with Gasteiger partial charge in [-0.05, 0) is 91.2 Å². The Hall–Kier alpha value is -2.15. The zero-order valence-corrected chi connectivity index (χ0v) is 20.4. The van der Waals surface area contributed by atoms with Gasteiger partial charge < -0.3 is 15.1 Å². The summed E-state index contributed by atoms with van der Waals surface area (Å²) >= 11 is 10.1. The van der Waals surface area contributed by atoms with Gasteiger partial charge in [0.05, 0.1) is 6.20 Å². The molecule has 0 bridgehead atoms. The largest absolute Gasteiger partial charge is 0.324 e. The molecule has 0 fully saturated rings. The summed E-state index contributed by atoms with van der Waals surface area (Å²) in [5.74, 6) is 2.01. The molecule has 2 aliphatic heterocycles. The van der Waals surface area contributed by atoms with Crippen molar-refractivity contribution in [3.05, 3.63) is 68.3 Å². The molecule has 0 saturated heterocycles. The van der Waals surface area contributed by atoms with Crippen LogP contribution < -0.4 is 10.2 Å². The molecule has 0 spiro atoms. The fourth-order valence-electron chi connectivity index (χ4n) is 5.64. The number of nitrogens with zero attached hydrogens (tertiary/aromatic N) is 4. The van der Waals surface area contributed by atoms with Crippen LogP contribution in [-0.4, -0.2) is 35.0 Å². The maximum Gasteiger partial charge on any atom is 0.229 e. The van der Waals surface area contributed by atoms with E-state index in [0.717, 1.165) is 47.6 Å². The number of aromatic nitrogens is 2. The Morgan fingerprint density at radius 2 is 2.00 bits per heavy atom. The van der Waals surface area contributed by atoms with Gasteiger partial charge in [-0.1, -0.05) is 27.5 Å². The van der Waals surface area contributed by atoms with Crippen LogP contribution in [-0.2, 0) is 19.4 Å². The number of hydrogen-bond donors (Lipinski definition) is 1. The van der Waals surface area contributed by atoms with Gasteiger partial charge >= 0.3 is 0 Å². The topological polar surface area (TPSA) is 44.3 Å². The lowest BCUT2D eigenvalue weighted by Gasteiger charge is -2.37. The number of halogens is 2. The molecule has 0 radical (unpaired) electrons. The molecule has 3 aliphatic rings. The van der Waals surface area contributed by atoms with E-state index < -0.39 is 0 Å². The number of likely N-dealkylation sites (N-methyl/N-ethyl adjacent to an activating group) is 1. The Morgan fingerprint density at radius 1 is 1.12 bits per heavy atom. The molecule has 1 aromatic heterocycles. The fourth-order valence-corrected chi connectivity index (χ4v) is 6.24. The van der Waals surface area contributed by atoms with Gasteiger partial charge in [0.1, 0.15) is 5.02 Å². The predicted molar refractivity (Wildman–Crippen MR) is 134 cm³/mol. The molecule has 1 N–H and O–H groups in total. The molecule has 32 heavy (non-hydrogen) atoms. The number of aryl methyl sites for hydroxylation is 1. The van der Waals surface area contributed by atoms with E-state index in [-0.39, 0.29) is 0 Å². The van der Waals surface area contributed by atoms with Crippen LogP contribution in [0.25, 0.3) is 0 Å². The molecule has 2 aromatic carbocycles. The third kappa shape index (κ3) is 3.58. The third-order valence-electron chi connectivity index (χ3n) is 6.91. The van der Waals surface area contributed by atoms with Crippen molar-refractivity contribution in [3.63, 3.8) is 0 Å². The van der Waals surface area contributed by atoms with Gasteiger partial charge in [-0.25, -0.2) is 4.98 Å². The first-order chi connectivity index (χ1) is 15.5. The van der Waals surface area contributed by atoms with Gasteiger partial charge in [0, 0.05) is 35.5 Å². The van der Waals surface area contributed by atoms with E-state index in [4.69, 9.17) is 16.6 Å². The summed E-state index contributed by atoms with van der Waals surface area (Å²) in [7, 11) is 2.22. The fraction of sp³-hybridized carbons (Fsp3) is 0.360. The Morgan fingerprint density at radius 3 is 2.91 bits per heavy atom. The summed E-state index contributed by atoms with van der Waals surface area (Å²) in [6.45, 7) is 3.03. The monoisotopic (exact) mass is 509 g/mol. The summed E-state index contributed by atoms with van der Waals surface area (Å²) in [6, 6.07) is 10.9. The van der Waals surface area contributed by atoms with E-state index in [1.54, 1.807) is 11.8 Å². The number of benzene rings is 2. The number of rotatable bonds is 3. The average molecular weight is 511 g/mol. The first-order valence-corrected chi connectivity index (χ1v) is 12.4. The van der Waals surface area contributed by atoms with E-state index in [2.05, 4.69) is 73.4 Å². The first-order valence-electron chi connectivity index (χ1n) is 11.2. The molecular weight excluding hydrogens is 486 g/mol. The van der Waals surface area contributed by atoms with Crippen LogP contribution in [0, 0.1) is 0 Å². The zero-order valence-electron chi connectivity index (χ0n) is 18.0.